The number of hydrogen-bond acceptors (Lipinski definition) is 4. The number of benzene rings is 1. The zero-order chi connectivity index (χ0) is 13.8. The van der Waals surface area contributed by atoms with Gasteiger partial charge in [-0.1, -0.05) is 6.07 Å². The molecule has 0 saturated carbocycles. The van der Waals surface area contributed by atoms with Gasteiger partial charge in [0.2, 0.25) is 0 Å². The van der Waals surface area contributed by atoms with Gasteiger partial charge in [-0.2, -0.15) is 0 Å². The molecule has 2 rings (SSSR count). The fourth-order valence-electron chi connectivity index (χ4n) is 1.69. The van der Waals surface area contributed by atoms with E-state index in [0.29, 0.717) is 22.9 Å². The van der Waals surface area contributed by atoms with Crippen molar-refractivity contribution < 1.29 is 14.6 Å². The second kappa shape index (κ2) is 5.71. The van der Waals surface area contributed by atoms with Gasteiger partial charge in [0, 0.05) is 0 Å². The van der Waals surface area contributed by atoms with Crippen molar-refractivity contribution in [1.29, 1.82) is 0 Å². The van der Waals surface area contributed by atoms with Crippen molar-refractivity contribution in [3.8, 4) is 17.2 Å². The smallest absolute Gasteiger partial charge is 0.169 e. The van der Waals surface area contributed by atoms with Gasteiger partial charge >= 0.3 is 0 Å². The first kappa shape index (κ1) is 13.4. The summed E-state index contributed by atoms with van der Waals surface area (Å²) in [6, 6.07) is 9.23. The fraction of sp³-hybridized carbons (Fsp3) is 0.267. The van der Waals surface area contributed by atoms with Crippen LogP contribution in [-0.2, 0) is 0 Å². The molecule has 0 spiro atoms. The van der Waals surface area contributed by atoms with Crippen molar-refractivity contribution in [2.75, 3.05) is 7.11 Å². The predicted molar refractivity (Wildman–Crippen MR) is 72.7 cm³/mol. The van der Waals surface area contributed by atoms with E-state index in [1.54, 1.807) is 32.4 Å². The average Bonchev–Trinajstić information content (AvgIpc) is 2.41. The minimum Gasteiger partial charge on any atom is -0.493 e. The van der Waals surface area contributed by atoms with Crippen molar-refractivity contribution in [2.45, 2.75) is 20.0 Å². The highest BCUT2D eigenvalue weighted by molar-refractivity contribution is 5.44. The Balaban J connectivity index is 2.21. The van der Waals surface area contributed by atoms with E-state index < -0.39 is 6.10 Å². The summed E-state index contributed by atoms with van der Waals surface area (Å²) in [5, 5.41) is 9.39. The molecule has 100 valence electrons. The van der Waals surface area contributed by atoms with Gasteiger partial charge in [-0.25, -0.2) is 0 Å². The zero-order valence-electron chi connectivity index (χ0n) is 11.3. The lowest BCUT2D eigenvalue weighted by molar-refractivity contribution is 0.194. The van der Waals surface area contributed by atoms with Crippen molar-refractivity contribution in [3.05, 3.63) is 47.8 Å². The Morgan fingerprint density at radius 3 is 2.53 bits per heavy atom. The number of aromatic nitrogens is 1. The lowest BCUT2D eigenvalue weighted by Gasteiger charge is -2.11. The molecule has 19 heavy (non-hydrogen) atoms. The fourth-order valence-corrected chi connectivity index (χ4v) is 1.69. The molecule has 0 aliphatic rings. The van der Waals surface area contributed by atoms with Crippen LogP contribution in [0.3, 0.4) is 0 Å². The molecule has 1 heterocycles. The number of aliphatic hydroxyl groups is 1. The maximum absolute atomic E-state index is 9.39. The Morgan fingerprint density at radius 2 is 1.95 bits per heavy atom. The van der Waals surface area contributed by atoms with Gasteiger partial charge in [0.25, 0.3) is 0 Å². The Morgan fingerprint density at radius 1 is 1.16 bits per heavy atom. The molecule has 1 atom stereocenters. The molecule has 0 radical (unpaired) electrons. The molecule has 4 nitrogen and oxygen atoms in total. The molecule has 0 aliphatic carbocycles. The number of aliphatic hydroxyl groups excluding tert-OH is 1. The van der Waals surface area contributed by atoms with Gasteiger partial charge in [-0.15, -0.1) is 0 Å². The molecule has 0 aliphatic heterocycles. The Kier molecular flexibility index (Phi) is 4.02. The van der Waals surface area contributed by atoms with Crippen LogP contribution in [-0.4, -0.2) is 17.2 Å². The van der Waals surface area contributed by atoms with Crippen molar-refractivity contribution in [1.82, 2.24) is 4.98 Å². The lowest BCUT2D eigenvalue weighted by Crippen LogP contribution is -1.96. The number of rotatable bonds is 4. The minimum absolute atomic E-state index is 0.581. The van der Waals surface area contributed by atoms with E-state index in [-0.39, 0.29) is 0 Å². The molecule has 4 heteroatoms. The molecular formula is C15H17NO3. The van der Waals surface area contributed by atoms with Crippen LogP contribution in [0.5, 0.6) is 17.2 Å². The third kappa shape index (κ3) is 3.23. The van der Waals surface area contributed by atoms with Gasteiger partial charge in [0.05, 0.1) is 25.1 Å². The van der Waals surface area contributed by atoms with Gasteiger partial charge in [0.15, 0.2) is 11.5 Å². The number of ether oxygens (including phenoxy) is 2. The van der Waals surface area contributed by atoms with Gasteiger partial charge in [-0.05, 0) is 43.7 Å². The van der Waals surface area contributed by atoms with E-state index in [0.717, 1.165) is 5.56 Å². The van der Waals surface area contributed by atoms with Crippen molar-refractivity contribution in [2.24, 2.45) is 0 Å². The van der Waals surface area contributed by atoms with Crippen LogP contribution in [0.25, 0.3) is 0 Å². The molecule has 0 fully saturated rings. The molecule has 1 unspecified atom stereocenters. The van der Waals surface area contributed by atoms with Gasteiger partial charge in [-0.3, -0.25) is 4.98 Å². The molecular weight excluding hydrogens is 242 g/mol. The minimum atomic E-state index is -0.581. The van der Waals surface area contributed by atoms with Crippen LogP contribution >= 0.6 is 0 Å². The second-order valence-corrected chi connectivity index (χ2v) is 4.35. The maximum atomic E-state index is 9.39. The number of hydrogen-bond donors (Lipinski definition) is 1. The third-order valence-electron chi connectivity index (χ3n) is 2.73. The molecule has 1 aromatic heterocycles. The normalized spacial score (nSPS) is 12.0. The summed E-state index contributed by atoms with van der Waals surface area (Å²) in [5.74, 6) is 1.92. The largest absolute Gasteiger partial charge is 0.493 e. The van der Waals surface area contributed by atoms with Gasteiger partial charge in [0.1, 0.15) is 5.75 Å². The topological polar surface area (TPSA) is 51.6 Å². The second-order valence-electron chi connectivity index (χ2n) is 4.35. The summed E-state index contributed by atoms with van der Waals surface area (Å²) in [7, 11) is 1.61. The highest BCUT2D eigenvalue weighted by Gasteiger charge is 2.07. The van der Waals surface area contributed by atoms with Gasteiger partial charge < -0.3 is 14.6 Å². The summed E-state index contributed by atoms with van der Waals surface area (Å²) in [5.41, 5.74) is 1.72. The number of nitrogens with zero attached hydrogens (tertiary/aromatic N) is 1. The van der Waals surface area contributed by atoms with E-state index in [1.807, 2.05) is 25.1 Å². The monoisotopic (exact) mass is 259 g/mol. The van der Waals surface area contributed by atoms with Crippen molar-refractivity contribution in [3.63, 3.8) is 0 Å². The Bertz CT molecular complexity index is 550. The highest BCUT2D eigenvalue weighted by atomic mass is 16.5. The quantitative estimate of drug-likeness (QED) is 0.915. The van der Waals surface area contributed by atoms with Crippen LogP contribution in [0.2, 0.25) is 0 Å². The summed E-state index contributed by atoms with van der Waals surface area (Å²) in [4.78, 5) is 4.13. The average molecular weight is 259 g/mol. The summed E-state index contributed by atoms with van der Waals surface area (Å²) >= 11 is 0. The van der Waals surface area contributed by atoms with E-state index in [1.165, 1.54) is 0 Å². The van der Waals surface area contributed by atoms with Crippen LogP contribution in [0, 0.1) is 6.92 Å². The van der Waals surface area contributed by atoms with Crippen molar-refractivity contribution >= 4 is 0 Å². The SMILES string of the molecule is COc1cc(C)ccc1Oc1ccc(C(C)O)nc1. The van der Waals surface area contributed by atoms with E-state index in [4.69, 9.17) is 9.47 Å². The van der Waals surface area contributed by atoms with E-state index in [2.05, 4.69) is 4.98 Å². The first-order chi connectivity index (χ1) is 9.10. The zero-order valence-corrected chi connectivity index (χ0v) is 11.3. The van der Waals surface area contributed by atoms with E-state index in [9.17, 15) is 5.11 Å². The summed E-state index contributed by atoms with van der Waals surface area (Å²) in [6.45, 7) is 3.66. The van der Waals surface area contributed by atoms with E-state index >= 15 is 0 Å². The molecule has 0 bridgehead atoms. The molecule has 0 amide bonds. The molecule has 0 saturated heterocycles. The van der Waals surface area contributed by atoms with Crippen LogP contribution in [0.15, 0.2) is 36.5 Å². The first-order valence-corrected chi connectivity index (χ1v) is 6.06. The molecule has 1 N–H and O–H groups in total. The first-order valence-electron chi connectivity index (χ1n) is 6.06. The van der Waals surface area contributed by atoms with Crippen LogP contribution in [0.4, 0.5) is 0 Å². The maximum Gasteiger partial charge on any atom is 0.169 e. The number of methoxy groups -OCH3 is 1. The molecule has 2 aromatic rings. The third-order valence-corrected chi connectivity index (χ3v) is 2.73. The summed E-state index contributed by atoms with van der Waals surface area (Å²) < 4.78 is 11.0. The lowest BCUT2D eigenvalue weighted by atomic mass is 10.2. The molecule has 1 aromatic carbocycles. The van der Waals surface area contributed by atoms with Crippen LogP contribution < -0.4 is 9.47 Å². The van der Waals surface area contributed by atoms with Crippen LogP contribution in [0.1, 0.15) is 24.3 Å². The standard InChI is InChI=1S/C15H17NO3/c1-10-4-7-14(15(8-10)18-3)19-12-5-6-13(11(2)17)16-9-12/h4-9,11,17H,1-3H3. The Hall–Kier alpha value is -2.07. The highest BCUT2D eigenvalue weighted by Crippen LogP contribution is 2.32. The Labute approximate surface area is 112 Å². The predicted octanol–water partition coefficient (Wildman–Crippen LogP) is 3.24. The summed E-state index contributed by atoms with van der Waals surface area (Å²) in [6.07, 6.45) is 1.00. The number of aryl methyl sites for hydroxylation is 1. The number of pyridine rings is 1.